The first-order chi connectivity index (χ1) is 13.2. The molecule has 0 saturated carbocycles. The molecule has 0 aliphatic heterocycles. The summed E-state index contributed by atoms with van der Waals surface area (Å²) < 4.78 is 0.960. The fourth-order valence-electron chi connectivity index (χ4n) is 2.82. The zero-order valence-corrected chi connectivity index (χ0v) is 16.9. The Labute approximate surface area is 169 Å². The SMILES string of the molecule is CCc1ccc(N(C/C=C/c2ccccc2)C(=O)c2ccc(Br)cc2)cc1. The van der Waals surface area contributed by atoms with E-state index in [2.05, 4.69) is 35.0 Å². The van der Waals surface area contributed by atoms with Gasteiger partial charge in [0.2, 0.25) is 0 Å². The third-order valence-corrected chi connectivity index (χ3v) is 4.92. The van der Waals surface area contributed by atoms with Crippen molar-refractivity contribution in [2.75, 3.05) is 11.4 Å². The summed E-state index contributed by atoms with van der Waals surface area (Å²) in [5.41, 5.74) is 3.95. The minimum Gasteiger partial charge on any atom is -0.305 e. The Morgan fingerprint density at radius 2 is 1.59 bits per heavy atom. The lowest BCUT2D eigenvalue weighted by atomic mass is 10.1. The van der Waals surface area contributed by atoms with Gasteiger partial charge in [-0.2, -0.15) is 0 Å². The number of amides is 1. The number of anilines is 1. The molecule has 0 spiro atoms. The average molecular weight is 420 g/mol. The summed E-state index contributed by atoms with van der Waals surface area (Å²) in [6.07, 6.45) is 5.05. The molecule has 0 aliphatic rings. The van der Waals surface area contributed by atoms with Crippen molar-refractivity contribution in [2.24, 2.45) is 0 Å². The molecular weight excluding hydrogens is 398 g/mol. The van der Waals surface area contributed by atoms with Gasteiger partial charge in [0.15, 0.2) is 0 Å². The van der Waals surface area contributed by atoms with E-state index in [1.54, 1.807) is 0 Å². The third kappa shape index (κ3) is 5.18. The van der Waals surface area contributed by atoms with E-state index in [1.807, 2.05) is 83.8 Å². The van der Waals surface area contributed by atoms with Crippen LogP contribution in [0.15, 0.2) is 89.4 Å². The second-order valence-electron chi connectivity index (χ2n) is 6.26. The molecule has 0 fully saturated rings. The molecule has 0 aliphatic carbocycles. The monoisotopic (exact) mass is 419 g/mol. The van der Waals surface area contributed by atoms with Crippen LogP contribution in [0.5, 0.6) is 0 Å². The molecule has 1 amide bonds. The second kappa shape index (κ2) is 9.33. The Morgan fingerprint density at radius 1 is 0.926 bits per heavy atom. The lowest BCUT2D eigenvalue weighted by molar-refractivity contribution is 0.0989. The Kier molecular flexibility index (Phi) is 6.61. The quantitative estimate of drug-likeness (QED) is 0.454. The van der Waals surface area contributed by atoms with Crippen LogP contribution < -0.4 is 4.90 Å². The van der Waals surface area contributed by atoms with Crippen molar-refractivity contribution >= 4 is 33.6 Å². The van der Waals surface area contributed by atoms with Crippen molar-refractivity contribution in [1.82, 2.24) is 0 Å². The Bertz CT molecular complexity index is 899. The summed E-state index contributed by atoms with van der Waals surface area (Å²) in [6.45, 7) is 2.64. The van der Waals surface area contributed by atoms with E-state index in [0.717, 1.165) is 22.1 Å². The highest BCUT2D eigenvalue weighted by Gasteiger charge is 2.16. The molecule has 3 aromatic carbocycles. The van der Waals surface area contributed by atoms with Gasteiger partial charge in [0, 0.05) is 22.3 Å². The summed E-state index contributed by atoms with van der Waals surface area (Å²) in [7, 11) is 0. The van der Waals surface area contributed by atoms with Crippen LogP contribution in [-0.4, -0.2) is 12.5 Å². The summed E-state index contributed by atoms with van der Waals surface area (Å²) in [4.78, 5) is 14.9. The van der Waals surface area contributed by atoms with E-state index >= 15 is 0 Å². The first-order valence-electron chi connectivity index (χ1n) is 9.05. The van der Waals surface area contributed by atoms with E-state index in [4.69, 9.17) is 0 Å². The zero-order chi connectivity index (χ0) is 19.1. The van der Waals surface area contributed by atoms with Gasteiger partial charge in [-0.25, -0.2) is 0 Å². The summed E-state index contributed by atoms with van der Waals surface area (Å²) in [6, 6.07) is 25.8. The number of benzene rings is 3. The number of nitrogens with zero attached hydrogens (tertiary/aromatic N) is 1. The topological polar surface area (TPSA) is 20.3 Å². The average Bonchev–Trinajstić information content (AvgIpc) is 2.72. The van der Waals surface area contributed by atoms with Gasteiger partial charge in [-0.05, 0) is 53.9 Å². The number of halogens is 1. The molecule has 3 heteroatoms. The third-order valence-electron chi connectivity index (χ3n) is 4.39. The molecule has 136 valence electrons. The molecule has 3 rings (SSSR count). The van der Waals surface area contributed by atoms with Gasteiger partial charge in [0.05, 0.1) is 0 Å². The molecule has 0 N–H and O–H groups in total. The number of rotatable bonds is 6. The molecule has 27 heavy (non-hydrogen) atoms. The van der Waals surface area contributed by atoms with Gasteiger partial charge in [-0.15, -0.1) is 0 Å². The van der Waals surface area contributed by atoms with Crippen LogP contribution in [0.2, 0.25) is 0 Å². The number of aryl methyl sites for hydroxylation is 1. The summed E-state index contributed by atoms with van der Waals surface area (Å²) in [5, 5.41) is 0. The second-order valence-corrected chi connectivity index (χ2v) is 7.17. The van der Waals surface area contributed by atoms with Crippen LogP contribution in [0.4, 0.5) is 5.69 Å². The van der Waals surface area contributed by atoms with Crippen LogP contribution in [-0.2, 0) is 6.42 Å². The largest absolute Gasteiger partial charge is 0.305 e. The Hall–Kier alpha value is -2.65. The lowest BCUT2D eigenvalue weighted by Crippen LogP contribution is -2.31. The zero-order valence-electron chi connectivity index (χ0n) is 15.3. The van der Waals surface area contributed by atoms with Gasteiger partial charge in [0.25, 0.3) is 5.91 Å². The maximum Gasteiger partial charge on any atom is 0.258 e. The van der Waals surface area contributed by atoms with Crippen molar-refractivity contribution in [3.8, 4) is 0 Å². The van der Waals surface area contributed by atoms with Crippen LogP contribution in [0.25, 0.3) is 6.08 Å². The van der Waals surface area contributed by atoms with Crippen molar-refractivity contribution in [3.63, 3.8) is 0 Å². The molecule has 0 atom stereocenters. The first-order valence-corrected chi connectivity index (χ1v) is 9.84. The Morgan fingerprint density at radius 3 is 2.22 bits per heavy atom. The van der Waals surface area contributed by atoms with Gasteiger partial charge in [-0.1, -0.05) is 77.5 Å². The predicted octanol–water partition coefficient (Wildman–Crippen LogP) is 6.37. The van der Waals surface area contributed by atoms with Crippen molar-refractivity contribution in [2.45, 2.75) is 13.3 Å². The van der Waals surface area contributed by atoms with Gasteiger partial charge >= 0.3 is 0 Å². The highest BCUT2D eigenvalue weighted by atomic mass is 79.9. The van der Waals surface area contributed by atoms with Crippen molar-refractivity contribution < 1.29 is 4.79 Å². The molecule has 0 heterocycles. The van der Waals surface area contributed by atoms with E-state index < -0.39 is 0 Å². The molecular formula is C24H22BrNO. The van der Waals surface area contributed by atoms with E-state index in [0.29, 0.717) is 12.1 Å². The first kappa shape index (κ1) is 19.1. The number of hydrogen-bond donors (Lipinski definition) is 0. The maximum absolute atomic E-state index is 13.1. The van der Waals surface area contributed by atoms with E-state index in [-0.39, 0.29) is 5.91 Å². The number of carbonyl (C=O) groups is 1. The predicted molar refractivity (Wildman–Crippen MR) is 117 cm³/mol. The molecule has 0 bridgehead atoms. The van der Waals surface area contributed by atoms with Crippen molar-refractivity contribution in [3.05, 3.63) is 106 Å². The summed E-state index contributed by atoms with van der Waals surface area (Å²) in [5.74, 6) is -0.00976. The fourth-order valence-corrected chi connectivity index (χ4v) is 3.09. The summed E-state index contributed by atoms with van der Waals surface area (Å²) >= 11 is 3.42. The molecule has 3 aromatic rings. The molecule has 2 nitrogen and oxygen atoms in total. The van der Waals surface area contributed by atoms with Crippen LogP contribution in [0.1, 0.15) is 28.4 Å². The standard InChI is InChI=1S/C24H22BrNO/c1-2-19-10-16-23(17-11-19)26(18-6-9-20-7-4-3-5-8-20)24(27)21-12-14-22(25)15-13-21/h3-17H,2,18H2,1H3/b9-6+. The number of carbonyl (C=O) groups excluding carboxylic acids is 1. The van der Waals surface area contributed by atoms with Crippen LogP contribution >= 0.6 is 15.9 Å². The minimum atomic E-state index is -0.00976. The highest BCUT2D eigenvalue weighted by Crippen LogP contribution is 2.20. The minimum absolute atomic E-state index is 0.00976. The molecule has 0 aromatic heterocycles. The van der Waals surface area contributed by atoms with Gasteiger partial charge in [0.1, 0.15) is 0 Å². The van der Waals surface area contributed by atoms with E-state index in [9.17, 15) is 4.79 Å². The lowest BCUT2D eigenvalue weighted by Gasteiger charge is -2.22. The van der Waals surface area contributed by atoms with Gasteiger partial charge in [-0.3, -0.25) is 4.79 Å². The molecule has 0 unspecified atom stereocenters. The molecule has 0 saturated heterocycles. The fraction of sp³-hybridized carbons (Fsp3) is 0.125. The van der Waals surface area contributed by atoms with Gasteiger partial charge < -0.3 is 4.90 Å². The maximum atomic E-state index is 13.1. The van der Waals surface area contributed by atoms with Crippen LogP contribution in [0, 0.1) is 0 Å². The smallest absolute Gasteiger partial charge is 0.258 e. The molecule has 0 radical (unpaired) electrons. The van der Waals surface area contributed by atoms with E-state index in [1.165, 1.54) is 5.56 Å². The Balaban J connectivity index is 1.86. The number of hydrogen-bond acceptors (Lipinski definition) is 1. The highest BCUT2D eigenvalue weighted by molar-refractivity contribution is 9.10. The van der Waals surface area contributed by atoms with Crippen molar-refractivity contribution in [1.29, 1.82) is 0 Å². The normalized spacial score (nSPS) is 10.9. The van der Waals surface area contributed by atoms with Crippen LogP contribution in [0.3, 0.4) is 0 Å².